The van der Waals surface area contributed by atoms with Crippen molar-refractivity contribution in [3.8, 4) is 11.5 Å². The zero-order chi connectivity index (χ0) is 21.3. The molecule has 0 aliphatic heterocycles. The minimum Gasteiger partial charge on any atom is -0.497 e. The number of nitrogen functional groups attached to an aromatic ring is 1. The van der Waals surface area contributed by atoms with E-state index in [0.717, 1.165) is 0 Å². The molecule has 1 aliphatic carbocycles. The average molecular weight is 435 g/mol. The summed E-state index contributed by atoms with van der Waals surface area (Å²) in [7, 11) is -2.79. The van der Waals surface area contributed by atoms with Crippen LogP contribution in [-0.4, -0.2) is 49.8 Å². The van der Waals surface area contributed by atoms with Gasteiger partial charge in [0, 0.05) is 18.6 Å². The fourth-order valence-corrected chi connectivity index (χ4v) is 4.45. The quantitative estimate of drug-likeness (QED) is 0.446. The van der Waals surface area contributed by atoms with Gasteiger partial charge in [-0.25, -0.2) is 14.5 Å². The van der Waals surface area contributed by atoms with Gasteiger partial charge in [0.2, 0.25) is 5.95 Å². The number of fused-ring (bicyclic) bond motifs is 1. The van der Waals surface area contributed by atoms with Crippen LogP contribution < -0.4 is 15.0 Å². The molecule has 1 saturated carbocycles. The number of aliphatic hydroxyl groups excluding tert-OH is 1. The van der Waals surface area contributed by atoms with Gasteiger partial charge in [-0.2, -0.15) is 4.98 Å². The van der Waals surface area contributed by atoms with Crippen molar-refractivity contribution in [2.24, 2.45) is 11.8 Å². The van der Waals surface area contributed by atoms with Gasteiger partial charge in [0.1, 0.15) is 17.0 Å². The highest BCUT2D eigenvalue weighted by Gasteiger charge is 2.43. The van der Waals surface area contributed by atoms with Crippen LogP contribution in [0.15, 0.2) is 36.8 Å². The fraction of sp³-hybridized carbons (Fsp3) is 0.389. The van der Waals surface area contributed by atoms with Crippen LogP contribution in [-0.2, 0) is 9.09 Å². The van der Waals surface area contributed by atoms with E-state index in [1.54, 1.807) is 24.7 Å². The summed E-state index contributed by atoms with van der Waals surface area (Å²) in [6.45, 7) is -0.149. The van der Waals surface area contributed by atoms with E-state index in [1.807, 2.05) is 4.57 Å². The summed E-state index contributed by atoms with van der Waals surface area (Å²) in [6, 6.07) is 6.17. The highest BCUT2D eigenvalue weighted by molar-refractivity contribution is 7.47. The average Bonchev–Trinajstić information content (AvgIpc) is 3.10. The molecule has 0 spiro atoms. The number of phosphoric ester groups is 1. The van der Waals surface area contributed by atoms with Crippen LogP contribution in [0.3, 0.4) is 0 Å². The number of hydrogen-bond acceptors (Lipinski definition) is 9. The van der Waals surface area contributed by atoms with Crippen LogP contribution >= 0.6 is 7.82 Å². The van der Waals surface area contributed by atoms with Crippen LogP contribution in [0, 0.1) is 11.8 Å². The van der Waals surface area contributed by atoms with E-state index in [9.17, 15) is 14.6 Å². The van der Waals surface area contributed by atoms with Crippen molar-refractivity contribution in [3.63, 3.8) is 0 Å². The maximum Gasteiger partial charge on any atom is 0.527 e. The first kappa shape index (κ1) is 20.5. The fourth-order valence-electron chi connectivity index (χ4n) is 3.63. The van der Waals surface area contributed by atoms with Crippen LogP contribution in [0.4, 0.5) is 5.95 Å². The summed E-state index contributed by atoms with van der Waals surface area (Å²) < 4.78 is 29.4. The Kier molecular flexibility index (Phi) is 5.61. The first-order chi connectivity index (χ1) is 14.4. The number of aliphatic hydroxyl groups is 1. The lowest BCUT2D eigenvalue weighted by molar-refractivity contribution is -0.00487. The zero-order valence-electron chi connectivity index (χ0n) is 16.2. The number of rotatable bonds is 8. The van der Waals surface area contributed by atoms with Gasteiger partial charge in [0.25, 0.3) is 0 Å². The Labute approximate surface area is 172 Å². The van der Waals surface area contributed by atoms with Crippen molar-refractivity contribution < 1.29 is 28.3 Å². The van der Waals surface area contributed by atoms with Crippen LogP contribution in [0.25, 0.3) is 11.2 Å². The van der Waals surface area contributed by atoms with Crippen molar-refractivity contribution in [2.75, 3.05) is 26.1 Å². The second-order valence-electron chi connectivity index (χ2n) is 7.03. The Balaban J connectivity index is 1.38. The number of benzene rings is 1. The van der Waals surface area contributed by atoms with Crippen molar-refractivity contribution in [1.29, 1.82) is 0 Å². The van der Waals surface area contributed by atoms with E-state index in [-0.39, 0.29) is 42.8 Å². The first-order valence-electron chi connectivity index (χ1n) is 9.27. The zero-order valence-corrected chi connectivity index (χ0v) is 17.1. The van der Waals surface area contributed by atoms with Crippen molar-refractivity contribution in [1.82, 2.24) is 19.5 Å². The van der Waals surface area contributed by atoms with Gasteiger partial charge in [-0.1, -0.05) is 0 Å². The third-order valence-electron chi connectivity index (χ3n) is 5.28. The molecule has 1 fully saturated rings. The molecular formula is C18H22N5O6P. The van der Waals surface area contributed by atoms with Crippen molar-refractivity contribution in [3.05, 3.63) is 36.8 Å². The Morgan fingerprint density at radius 1 is 1.27 bits per heavy atom. The molecular weight excluding hydrogens is 413 g/mol. The molecule has 0 radical (unpaired) electrons. The lowest BCUT2D eigenvalue weighted by atomic mass is 9.70. The van der Waals surface area contributed by atoms with Gasteiger partial charge in [0.05, 0.1) is 26.2 Å². The number of methoxy groups -OCH3 is 1. The molecule has 0 saturated heterocycles. The lowest BCUT2D eigenvalue weighted by Crippen LogP contribution is -2.42. The maximum atomic E-state index is 12.3. The Morgan fingerprint density at radius 3 is 2.70 bits per heavy atom. The molecule has 3 aromatic rings. The van der Waals surface area contributed by atoms with Crippen molar-refractivity contribution >= 4 is 24.9 Å². The van der Waals surface area contributed by atoms with Gasteiger partial charge in [0.15, 0.2) is 5.65 Å². The molecule has 4 rings (SSSR count). The first-order valence-corrected chi connectivity index (χ1v) is 10.8. The van der Waals surface area contributed by atoms with Gasteiger partial charge < -0.3 is 24.7 Å². The van der Waals surface area contributed by atoms with Gasteiger partial charge in [-0.05, 0) is 36.6 Å². The number of imidazole rings is 1. The van der Waals surface area contributed by atoms with E-state index in [2.05, 4.69) is 15.0 Å². The molecule has 4 N–H and O–H groups in total. The SMILES string of the molecule is COc1ccc(OP(=O)(O)OC[C@H]2C[C@@H](n3cnc4cnc(N)nc43)[C@@H]2CO)cc1. The standard InChI is InChI=1S/C18H22N5O6P/c1-27-12-2-4-13(5-3-12)29-30(25,26)28-9-11-6-16(14(11)8-24)23-10-21-15-7-20-18(19)22-17(15)23/h2-5,7,10-11,14,16,24H,6,8-9H2,1H3,(H,25,26)(H2,19,20,22)/t11-,14-,16-/m1/s1. The normalized spacial score (nSPS) is 23.0. The number of aromatic nitrogens is 4. The topological polar surface area (TPSA) is 155 Å². The van der Waals surface area contributed by atoms with Crippen LogP contribution in [0.2, 0.25) is 0 Å². The smallest absolute Gasteiger partial charge is 0.497 e. The third-order valence-corrected chi connectivity index (χ3v) is 6.20. The van der Waals surface area contributed by atoms with E-state index in [1.165, 1.54) is 19.2 Å². The molecule has 1 unspecified atom stereocenters. The number of ether oxygens (including phenoxy) is 1. The molecule has 4 atom stereocenters. The number of phosphoric acid groups is 1. The summed E-state index contributed by atoms with van der Waals surface area (Å²) in [6.07, 6.45) is 3.79. The molecule has 0 bridgehead atoms. The molecule has 30 heavy (non-hydrogen) atoms. The minimum atomic E-state index is -4.31. The predicted octanol–water partition coefficient (Wildman–Crippen LogP) is 1.78. The van der Waals surface area contributed by atoms with Crippen LogP contribution in [0.1, 0.15) is 12.5 Å². The summed E-state index contributed by atoms with van der Waals surface area (Å²) >= 11 is 0. The number of anilines is 1. The van der Waals surface area contributed by atoms with Gasteiger partial charge in [-0.3, -0.25) is 9.42 Å². The van der Waals surface area contributed by atoms with E-state index < -0.39 is 7.82 Å². The summed E-state index contributed by atoms with van der Waals surface area (Å²) in [4.78, 5) is 22.4. The third kappa shape index (κ3) is 4.10. The van der Waals surface area contributed by atoms with Crippen LogP contribution in [0.5, 0.6) is 11.5 Å². The molecule has 2 heterocycles. The molecule has 11 nitrogen and oxygen atoms in total. The molecule has 2 aromatic heterocycles. The van der Waals surface area contributed by atoms with E-state index in [0.29, 0.717) is 23.3 Å². The number of nitrogens with two attached hydrogens (primary N) is 1. The monoisotopic (exact) mass is 435 g/mol. The minimum absolute atomic E-state index is 0.0323. The largest absolute Gasteiger partial charge is 0.527 e. The highest BCUT2D eigenvalue weighted by Crippen LogP contribution is 2.49. The van der Waals surface area contributed by atoms with E-state index >= 15 is 0 Å². The molecule has 160 valence electrons. The second kappa shape index (κ2) is 8.19. The van der Waals surface area contributed by atoms with Gasteiger partial charge >= 0.3 is 7.82 Å². The molecule has 1 aliphatic rings. The second-order valence-corrected chi connectivity index (χ2v) is 8.41. The Morgan fingerprint density at radius 2 is 2.00 bits per heavy atom. The summed E-state index contributed by atoms with van der Waals surface area (Å²) in [5.74, 6) is 0.604. The van der Waals surface area contributed by atoms with Gasteiger partial charge in [-0.15, -0.1) is 0 Å². The lowest BCUT2D eigenvalue weighted by Gasteiger charge is -2.44. The summed E-state index contributed by atoms with van der Waals surface area (Å²) in [5, 5.41) is 9.84. The maximum absolute atomic E-state index is 12.3. The Bertz CT molecular complexity index is 1070. The number of hydrogen-bond donors (Lipinski definition) is 3. The van der Waals surface area contributed by atoms with E-state index in [4.69, 9.17) is 19.5 Å². The molecule has 0 amide bonds. The highest BCUT2D eigenvalue weighted by atomic mass is 31.2. The molecule has 1 aromatic carbocycles. The Hall–Kier alpha value is -2.72. The number of nitrogens with zero attached hydrogens (tertiary/aromatic N) is 4. The van der Waals surface area contributed by atoms with Crippen molar-refractivity contribution in [2.45, 2.75) is 12.5 Å². The predicted molar refractivity (Wildman–Crippen MR) is 107 cm³/mol. The summed E-state index contributed by atoms with van der Waals surface area (Å²) in [5.41, 5.74) is 6.86. The molecule has 12 heteroatoms.